The van der Waals surface area contributed by atoms with E-state index in [1.165, 1.54) is 4.90 Å². The number of nitrogens with one attached hydrogen (secondary N) is 1. The molecule has 0 bridgehead atoms. The van der Waals surface area contributed by atoms with Gasteiger partial charge in [0.05, 0.1) is 0 Å². The maximum absolute atomic E-state index is 11.9. The average Bonchev–Trinajstić information content (AvgIpc) is 2.01. The van der Waals surface area contributed by atoms with E-state index < -0.39 is 18.5 Å². The Kier molecular flexibility index (Phi) is 3.36. The van der Waals surface area contributed by atoms with Gasteiger partial charge in [-0.1, -0.05) is 0 Å². The first-order valence-corrected chi connectivity index (χ1v) is 4.46. The zero-order valence-electron chi connectivity index (χ0n) is 7.90. The molecule has 1 atom stereocenters. The molecular weight excluding hydrogens is 197 g/mol. The van der Waals surface area contributed by atoms with Gasteiger partial charge in [-0.3, -0.25) is 4.79 Å². The highest BCUT2D eigenvalue weighted by Crippen LogP contribution is 2.20. The zero-order chi connectivity index (χ0) is 10.8. The standard InChI is InChI=1S/C8H13F3N2O/c1-6-5-13(3-2-12-6)7(14)4-8(9,10)11/h6,12H,2-5H2,1H3. The molecule has 82 valence electrons. The molecule has 1 aliphatic rings. The first kappa shape index (κ1) is 11.3. The Bertz CT molecular complexity index is 217. The van der Waals surface area contributed by atoms with Crippen molar-refractivity contribution in [2.75, 3.05) is 19.6 Å². The fraction of sp³-hybridized carbons (Fsp3) is 0.875. The van der Waals surface area contributed by atoms with Crippen LogP contribution in [0.2, 0.25) is 0 Å². The minimum absolute atomic E-state index is 0.0703. The van der Waals surface area contributed by atoms with Gasteiger partial charge < -0.3 is 10.2 Å². The SMILES string of the molecule is CC1CN(C(=O)CC(F)(F)F)CCN1. The molecule has 1 fully saturated rings. The van der Waals surface area contributed by atoms with Crippen LogP contribution >= 0.6 is 0 Å². The van der Waals surface area contributed by atoms with Gasteiger partial charge in [0.1, 0.15) is 6.42 Å². The molecule has 0 aromatic rings. The zero-order valence-corrected chi connectivity index (χ0v) is 7.90. The largest absolute Gasteiger partial charge is 0.397 e. The predicted molar refractivity (Wildman–Crippen MR) is 44.7 cm³/mol. The van der Waals surface area contributed by atoms with E-state index in [-0.39, 0.29) is 6.04 Å². The molecule has 0 radical (unpaired) electrons. The molecule has 1 N–H and O–H groups in total. The maximum Gasteiger partial charge on any atom is 0.397 e. The van der Waals surface area contributed by atoms with Crippen molar-refractivity contribution in [1.29, 1.82) is 0 Å². The molecule has 0 spiro atoms. The molecule has 0 aliphatic carbocycles. The van der Waals surface area contributed by atoms with E-state index in [1.807, 2.05) is 6.92 Å². The number of hydrogen-bond donors (Lipinski definition) is 1. The Hall–Kier alpha value is -0.780. The van der Waals surface area contributed by atoms with Crippen molar-refractivity contribution in [1.82, 2.24) is 10.2 Å². The maximum atomic E-state index is 11.9. The Morgan fingerprint density at radius 1 is 1.57 bits per heavy atom. The van der Waals surface area contributed by atoms with E-state index >= 15 is 0 Å². The van der Waals surface area contributed by atoms with E-state index in [4.69, 9.17) is 0 Å². The lowest BCUT2D eigenvalue weighted by molar-refractivity contribution is -0.162. The molecule has 0 aromatic carbocycles. The van der Waals surface area contributed by atoms with Crippen LogP contribution < -0.4 is 5.32 Å². The summed E-state index contributed by atoms with van der Waals surface area (Å²) in [5.41, 5.74) is 0. The number of alkyl halides is 3. The van der Waals surface area contributed by atoms with Crippen LogP contribution in [0.3, 0.4) is 0 Å². The molecule has 1 saturated heterocycles. The van der Waals surface area contributed by atoms with Crippen molar-refractivity contribution >= 4 is 5.91 Å². The second-order valence-electron chi connectivity index (χ2n) is 3.49. The topological polar surface area (TPSA) is 32.3 Å². The highest BCUT2D eigenvalue weighted by Gasteiger charge is 2.34. The fourth-order valence-corrected chi connectivity index (χ4v) is 1.44. The van der Waals surface area contributed by atoms with Gasteiger partial charge >= 0.3 is 6.18 Å². The minimum Gasteiger partial charge on any atom is -0.340 e. The van der Waals surface area contributed by atoms with Gasteiger partial charge in [-0.05, 0) is 6.92 Å². The monoisotopic (exact) mass is 210 g/mol. The van der Waals surface area contributed by atoms with Gasteiger partial charge in [0.2, 0.25) is 5.91 Å². The lowest BCUT2D eigenvalue weighted by Gasteiger charge is -2.32. The minimum atomic E-state index is -4.40. The second kappa shape index (κ2) is 4.16. The van der Waals surface area contributed by atoms with Crippen LogP contribution in [-0.4, -0.2) is 42.7 Å². The third-order valence-electron chi connectivity index (χ3n) is 2.07. The summed E-state index contributed by atoms with van der Waals surface area (Å²) in [6, 6.07) is 0.0703. The summed E-state index contributed by atoms with van der Waals surface area (Å²) < 4.78 is 35.7. The molecule has 3 nitrogen and oxygen atoms in total. The quantitative estimate of drug-likeness (QED) is 0.693. The third kappa shape index (κ3) is 3.53. The van der Waals surface area contributed by atoms with E-state index in [0.29, 0.717) is 19.6 Å². The Balaban J connectivity index is 2.44. The van der Waals surface area contributed by atoms with Crippen molar-refractivity contribution in [3.8, 4) is 0 Å². The lowest BCUT2D eigenvalue weighted by Crippen LogP contribution is -2.51. The Labute approximate surface area is 80.3 Å². The first-order chi connectivity index (χ1) is 6.38. The number of hydrogen-bond acceptors (Lipinski definition) is 2. The molecule has 1 aliphatic heterocycles. The normalized spacial score (nSPS) is 23.7. The first-order valence-electron chi connectivity index (χ1n) is 4.46. The van der Waals surface area contributed by atoms with Crippen molar-refractivity contribution in [2.45, 2.75) is 25.6 Å². The lowest BCUT2D eigenvalue weighted by atomic mass is 10.2. The Morgan fingerprint density at radius 2 is 2.21 bits per heavy atom. The van der Waals surface area contributed by atoms with Crippen LogP contribution in [0.4, 0.5) is 13.2 Å². The highest BCUT2D eigenvalue weighted by atomic mass is 19.4. The van der Waals surface area contributed by atoms with E-state index in [0.717, 1.165) is 0 Å². The van der Waals surface area contributed by atoms with Crippen molar-refractivity contribution in [2.24, 2.45) is 0 Å². The summed E-state index contributed by atoms with van der Waals surface area (Å²) in [7, 11) is 0. The van der Waals surface area contributed by atoms with Gasteiger partial charge in [0, 0.05) is 25.7 Å². The van der Waals surface area contributed by atoms with Crippen LogP contribution in [0.25, 0.3) is 0 Å². The van der Waals surface area contributed by atoms with Crippen LogP contribution in [-0.2, 0) is 4.79 Å². The second-order valence-corrected chi connectivity index (χ2v) is 3.49. The van der Waals surface area contributed by atoms with Crippen molar-refractivity contribution in [3.63, 3.8) is 0 Å². The number of carbonyl (C=O) groups excluding carboxylic acids is 1. The molecule has 6 heteroatoms. The summed E-state index contributed by atoms with van der Waals surface area (Å²) in [6.07, 6.45) is -5.75. The summed E-state index contributed by atoms with van der Waals surface area (Å²) in [4.78, 5) is 12.4. The molecule has 14 heavy (non-hydrogen) atoms. The highest BCUT2D eigenvalue weighted by molar-refractivity contribution is 5.77. The van der Waals surface area contributed by atoms with E-state index in [1.54, 1.807) is 0 Å². The van der Waals surface area contributed by atoms with Crippen LogP contribution in [0, 0.1) is 0 Å². The summed E-state index contributed by atoms with van der Waals surface area (Å²) in [5, 5.41) is 3.05. The fourth-order valence-electron chi connectivity index (χ4n) is 1.44. The van der Waals surface area contributed by atoms with Crippen molar-refractivity contribution < 1.29 is 18.0 Å². The number of rotatable bonds is 1. The van der Waals surface area contributed by atoms with Gasteiger partial charge in [-0.2, -0.15) is 13.2 Å². The van der Waals surface area contributed by atoms with Gasteiger partial charge in [0.25, 0.3) is 0 Å². The number of piperazine rings is 1. The van der Waals surface area contributed by atoms with Crippen LogP contribution in [0.1, 0.15) is 13.3 Å². The van der Waals surface area contributed by atoms with Gasteiger partial charge in [-0.25, -0.2) is 0 Å². The summed E-state index contributed by atoms with van der Waals surface area (Å²) in [6.45, 7) is 3.12. The van der Waals surface area contributed by atoms with E-state index in [9.17, 15) is 18.0 Å². The molecule has 0 saturated carbocycles. The molecule has 1 heterocycles. The number of amides is 1. The number of carbonyl (C=O) groups is 1. The Morgan fingerprint density at radius 3 is 2.71 bits per heavy atom. The molecular formula is C8H13F3N2O. The molecule has 1 rings (SSSR count). The molecule has 0 aromatic heterocycles. The van der Waals surface area contributed by atoms with Crippen LogP contribution in [0.5, 0.6) is 0 Å². The average molecular weight is 210 g/mol. The van der Waals surface area contributed by atoms with Crippen LogP contribution in [0.15, 0.2) is 0 Å². The van der Waals surface area contributed by atoms with Gasteiger partial charge in [0.15, 0.2) is 0 Å². The molecule has 1 amide bonds. The summed E-state index contributed by atoms with van der Waals surface area (Å²) in [5.74, 6) is -0.828. The summed E-state index contributed by atoms with van der Waals surface area (Å²) >= 11 is 0. The number of nitrogens with zero attached hydrogens (tertiary/aromatic N) is 1. The third-order valence-corrected chi connectivity index (χ3v) is 2.07. The van der Waals surface area contributed by atoms with Crippen molar-refractivity contribution in [3.05, 3.63) is 0 Å². The van der Waals surface area contributed by atoms with Gasteiger partial charge in [-0.15, -0.1) is 0 Å². The smallest absolute Gasteiger partial charge is 0.340 e. The van der Waals surface area contributed by atoms with E-state index in [2.05, 4.69) is 5.32 Å². The predicted octanol–water partition coefficient (Wildman–Crippen LogP) is 0.759. The molecule has 1 unspecified atom stereocenters. The number of halogens is 3.